The topological polar surface area (TPSA) is 21.3 Å². The lowest BCUT2D eigenvalue weighted by Crippen LogP contribution is -2.19. The molecule has 0 bridgehead atoms. The summed E-state index contributed by atoms with van der Waals surface area (Å²) >= 11 is 2.98. The summed E-state index contributed by atoms with van der Waals surface area (Å²) in [4.78, 5) is 0. The van der Waals surface area contributed by atoms with Crippen LogP contribution in [-0.4, -0.2) is 14.2 Å². The first-order valence-corrected chi connectivity index (χ1v) is 7.23. The van der Waals surface area contributed by atoms with Gasteiger partial charge in [-0.3, -0.25) is 0 Å². The Morgan fingerprint density at radius 3 is 2.48 bits per heavy atom. The number of nitrogens with one attached hydrogen (secondary N) is 1. The third-order valence-corrected chi connectivity index (χ3v) is 4.01. The average Bonchev–Trinajstić information content (AvgIpc) is 2.46. The van der Waals surface area contributed by atoms with Gasteiger partial charge >= 0.3 is 0 Å². The second-order valence-corrected chi connectivity index (χ2v) is 5.59. The van der Waals surface area contributed by atoms with Gasteiger partial charge in [-0.05, 0) is 59.2 Å². The third kappa shape index (κ3) is 3.24. The van der Waals surface area contributed by atoms with Crippen LogP contribution in [0.5, 0.6) is 5.75 Å². The van der Waals surface area contributed by atoms with Crippen molar-refractivity contribution in [1.29, 1.82) is 0 Å². The molecule has 0 spiro atoms. The van der Waals surface area contributed by atoms with Gasteiger partial charge < -0.3 is 10.1 Å². The lowest BCUT2D eigenvalue weighted by Gasteiger charge is -2.19. The van der Waals surface area contributed by atoms with Crippen molar-refractivity contribution in [2.75, 3.05) is 14.2 Å². The Kier molecular flexibility index (Phi) is 4.96. The van der Waals surface area contributed by atoms with E-state index in [0.717, 1.165) is 17.2 Å². The fourth-order valence-electron chi connectivity index (χ4n) is 2.28. The quantitative estimate of drug-likeness (QED) is 0.823. The highest BCUT2D eigenvalue weighted by molar-refractivity contribution is 9.10. The normalized spacial score (nSPS) is 12.3. The molecule has 0 fully saturated rings. The first kappa shape index (κ1) is 15.9. The summed E-state index contributed by atoms with van der Waals surface area (Å²) < 4.78 is 33.3. The van der Waals surface area contributed by atoms with Crippen LogP contribution in [0.25, 0.3) is 0 Å². The Bertz CT molecular complexity index is 661. The van der Waals surface area contributed by atoms with E-state index in [1.807, 2.05) is 25.1 Å². The van der Waals surface area contributed by atoms with Crippen LogP contribution < -0.4 is 10.1 Å². The highest BCUT2D eigenvalue weighted by Crippen LogP contribution is 2.31. The molecule has 5 heteroatoms. The molecule has 2 nitrogen and oxygen atoms in total. The second kappa shape index (κ2) is 6.54. The van der Waals surface area contributed by atoms with Gasteiger partial charge in [0, 0.05) is 5.56 Å². The van der Waals surface area contributed by atoms with Crippen molar-refractivity contribution < 1.29 is 13.5 Å². The van der Waals surface area contributed by atoms with Crippen LogP contribution in [0.1, 0.15) is 22.7 Å². The minimum atomic E-state index is -0.495. The predicted octanol–water partition coefficient (Wildman–Crippen LogP) is 4.35. The average molecular weight is 356 g/mol. The van der Waals surface area contributed by atoms with Crippen molar-refractivity contribution in [3.8, 4) is 5.75 Å². The molecule has 2 aromatic rings. The molecule has 0 saturated carbocycles. The highest BCUT2D eigenvalue weighted by atomic mass is 79.9. The van der Waals surface area contributed by atoms with E-state index in [0.29, 0.717) is 5.75 Å². The molecule has 1 N–H and O–H groups in total. The Balaban J connectivity index is 2.52. The molecule has 1 atom stereocenters. The number of hydrogen-bond acceptors (Lipinski definition) is 2. The van der Waals surface area contributed by atoms with Crippen LogP contribution in [-0.2, 0) is 0 Å². The van der Waals surface area contributed by atoms with Gasteiger partial charge in [0.1, 0.15) is 17.4 Å². The van der Waals surface area contributed by atoms with E-state index < -0.39 is 17.7 Å². The maximum Gasteiger partial charge on any atom is 0.137 e. The third-order valence-electron chi connectivity index (χ3n) is 3.40. The van der Waals surface area contributed by atoms with Crippen molar-refractivity contribution in [1.82, 2.24) is 5.32 Å². The molecule has 2 aromatic carbocycles. The zero-order valence-corrected chi connectivity index (χ0v) is 13.6. The molecule has 0 radical (unpaired) electrons. The smallest absolute Gasteiger partial charge is 0.137 e. The van der Waals surface area contributed by atoms with E-state index in [2.05, 4.69) is 21.2 Å². The molecule has 0 aromatic heterocycles. The number of halogens is 3. The van der Waals surface area contributed by atoms with E-state index in [1.54, 1.807) is 14.2 Å². The summed E-state index contributed by atoms with van der Waals surface area (Å²) in [7, 11) is 3.29. The van der Waals surface area contributed by atoms with Crippen LogP contribution in [0.15, 0.2) is 34.8 Å². The summed E-state index contributed by atoms with van der Waals surface area (Å²) in [5, 5.41) is 3.02. The molecule has 0 saturated heterocycles. The molecule has 21 heavy (non-hydrogen) atoms. The predicted molar refractivity (Wildman–Crippen MR) is 82.7 cm³/mol. The van der Waals surface area contributed by atoms with Crippen molar-refractivity contribution >= 4 is 15.9 Å². The van der Waals surface area contributed by atoms with E-state index >= 15 is 0 Å². The number of benzene rings is 2. The first-order chi connectivity index (χ1) is 9.97. The number of rotatable bonds is 4. The minimum Gasteiger partial charge on any atom is -0.496 e. The van der Waals surface area contributed by atoms with Crippen LogP contribution in [0.4, 0.5) is 8.78 Å². The Hall–Kier alpha value is -1.46. The number of methoxy groups -OCH3 is 1. The summed E-state index contributed by atoms with van der Waals surface area (Å²) in [6, 6.07) is 7.48. The van der Waals surface area contributed by atoms with Gasteiger partial charge in [0.2, 0.25) is 0 Å². The van der Waals surface area contributed by atoms with Gasteiger partial charge in [-0.2, -0.15) is 0 Å². The maximum atomic E-state index is 14.1. The van der Waals surface area contributed by atoms with Gasteiger partial charge in [-0.25, -0.2) is 8.78 Å². The van der Waals surface area contributed by atoms with Gasteiger partial charge in [0.05, 0.1) is 17.6 Å². The van der Waals surface area contributed by atoms with Gasteiger partial charge in [0.25, 0.3) is 0 Å². The largest absolute Gasteiger partial charge is 0.496 e. The standard InChI is InChI=1S/C16H16BrF2NO/c1-9-4-5-10(6-15(9)21-3)16(20-2)11-7-14(19)12(17)8-13(11)18/h4-8,16,20H,1-3H3. The number of aryl methyl sites for hydroxylation is 1. The van der Waals surface area contributed by atoms with E-state index in [4.69, 9.17) is 4.74 Å². The van der Waals surface area contributed by atoms with E-state index in [-0.39, 0.29) is 10.0 Å². The molecule has 0 aliphatic carbocycles. The van der Waals surface area contributed by atoms with Gasteiger partial charge in [-0.15, -0.1) is 0 Å². The fourth-order valence-corrected chi connectivity index (χ4v) is 2.59. The first-order valence-electron chi connectivity index (χ1n) is 6.44. The molecule has 0 aliphatic heterocycles. The Morgan fingerprint density at radius 1 is 1.14 bits per heavy atom. The van der Waals surface area contributed by atoms with Gasteiger partial charge in [0.15, 0.2) is 0 Å². The van der Waals surface area contributed by atoms with Crippen LogP contribution in [0.2, 0.25) is 0 Å². The molecular weight excluding hydrogens is 340 g/mol. The molecular formula is C16H16BrF2NO. The highest BCUT2D eigenvalue weighted by Gasteiger charge is 2.19. The summed E-state index contributed by atoms with van der Waals surface area (Å²) in [5.41, 5.74) is 2.04. The second-order valence-electron chi connectivity index (χ2n) is 4.74. The minimum absolute atomic E-state index is 0.111. The number of hydrogen-bond donors (Lipinski definition) is 1. The maximum absolute atomic E-state index is 14.1. The Morgan fingerprint density at radius 2 is 1.86 bits per heavy atom. The van der Waals surface area contributed by atoms with E-state index in [1.165, 1.54) is 6.07 Å². The summed E-state index contributed by atoms with van der Waals surface area (Å²) in [5.74, 6) is -0.251. The fraction of sp³-hybridized carbons (Fsp3) is 0.250. The lowest BCUT2D eigenvalue weighted by atomic mass is 9.97. The Labute approximate surface area is 131 Å². The molecule has 0 heterocycles. The molecule has 2 rings (SSSR count). The van der Waals surface area contributed by atoms with Gasteiger partial charge in [-0.1, -0.05) is 12.1 Å². The lowest BCUT2D eigenvalue weighted by molar-refractivity contribution is 0.410. The summed E-state index contributed by atoms with van der Waals surface area (Å²) in [6.07, 6.45) is 0. The van der Waals surface area contributed by atoms with Crippen molar-refractivity contribution in [3.05, 3.63) is 63.1 Å². The van der Waals surface area contributed by atoms with Crippen molar-refractivity contribution in [2.45, 2.75) is 13.0 Å². The summed E-state index contributed by atoms with van der Waals surface area (Å²) in [6.45, 7) is 1.93. The zero-order chi connectivity index (χ0) is 15.6. The molecule has 0 amide bonds. The monoisotopic (exact) mass is 355 g/mol. The van der Waals surface area contributed by atoms with Crippen LogP contribution in [0.3, 0.4) is 0 Å². The zero-order valence-electron chi connectivity index (χ0n) is 12.0. The molecule has 112 valence electrons. The molecule has 1 unspecified atom stereocenters. The van der Waals surface area contributed by atoms with Crippen molar-refractivity contribution in [3.63, 3.8) is 0 Å². The van der Waals surface area contributed by atoms with Crippen LogP contribution >= 0.6 is 15.9 Å². The SMILES string of the molecule is CNC(c1ccc(C)c(OC)c1)c1cc(F)c(Br)cc1F. The van der Waals surface area contributed by atoms with Crippen LogP contribution in [0, 0.1) is 18.6 Å². The van der Waals surface area contributed by atoms with Crippen molar-refractivity contribution in [2.24, 2.45) is 0 Å². The molecule has 0 aliphatic rings. The number of ether oxygens (including phenoxy) is 1. The van der Waals surface area contributed by atoms with E-state index in [9.17, 15) is 8.78 Å².